The number of anilines is 1. The third kappa shape index (κ3) is 2.90. The fourth-order valence-corrected chi connectivity index (χ4v) is 2.02. The lowest BCUT2D eigenvalue weighted by Crippen LogP contribution is -2.12. The number of phenolic OH excluding ortho intramolecular Hbond substituents is 2. The Morgan fingerprint density at radius 2 is 1.90 bits per heavy atom. The number of carbonyl (C=O) groups is 1. The van der Waals surface area contributed by atoms with Gasteiger partial charge in [-0.25, -0.2) is 0 Å². The van der Waals surface area contributed by atoms with Crippen LogP contribution in [0.3, 0.4) is 0 Å². The molecule has 3 N–H and O–H groups in total. The van der Waals surface area contributed by atoms with Crippen molar-refractivity contribution in [1.82, 2.24) is 0 Å². The Morgan fingerprint density at radius 3 is 2.50 bits per heavy atom. The average Bonchev–Trinajstić information content (AvgIpc) is 2.43. The van der Waals surface area contributed by atoms with Crippen LogP contribution < -0.4 is 5.32 Å². The molecule has 2 aromatic carbocycles. The Bertz CT molecular complexity index is 723. The lowest BCUT2D eigenvalue weighted by atomic mass is 10.1. The minimum atomic E-state index is -0.439. The zero-order valence-corrected chi connectivity index (χ0v) is 11.7. The number of nitrogens with zero attached hydrogens (tertiary/aromatic N) is 1. The first-order chi connectivity index (χ1) is 9.51. The molecule has 2 aromatic rings. The van der Waals surface area contributed by atoms with Gasteiger partial charge in [-0.3, -0.25) is 4.79 Å². The first-order valence-electron chi connectivity index (χ1n) is 5.54. The number of hydrogen-bond acceptors (Lipinski definition) is 4. The Balaban J connectivity index is 2.23. The second-order valence-corrected chi connectivity index (χ2v) is 4.82. The van der Waals surface area contributed by atoms with Gasteiger partial charge in [0.15, 0.2) is 11.5 Å². The van der Waals surface area contributed by atoms with E-state index in [1.165, 1.54) is 18.2 Å². The Labute approximate surface area is 123 Å². The minimum Gasteiger partial charge on any atom is -0.504 e. The van der Waals surface area contributed by atoms with Crippen molar-refractivity contribution in [2.75, 3.05) is 5.32 Å². The summed E-state index contributed by atoms with van der Waals surface area (Å²) in [6.45, 7) is 0. The molecule has 2 rings (SSSR count). The van der Waals surface area contributed by atoms with Gasteiger partial charge >= 0.3 is 0 Å². The highest BCUT2D eigenvalue weighted by atomic mass is 79.9. The average molecular weight is 333 g/mol. The molecule has 0 fully saturated rings. The van der Waals surface area contributed by atoms with Gasteiger partial charge in [-0.1, -0.05) is 0 Å². The summed E-state index contributed by atoms with van der Waals surface area (Å²) in [6, 6.07) is 10.5. The molecule has 0 aliphatic rings. The first kappa shape index (κ1) is 13.9. The molecule has 0 bridgehead atoms. The molecule has 0 atom stereocenters. The van der Waals surface area contributed by atoms with Gasteiger partial charge in [-0.15, -0.1) is 0 Å². The maximum atomic E-state index is 12.0. The Hall–Kier alpha value is -2.52. The van der Waals surface area contributed by atoms with E-state index in [-0.39, 0.29) is 17.1 Å². The van der Waals surface area contributed by atoms with E-state index in [0.29, 0.717) is 15.7 Å². The molecule has 100 valence electrons. The lowest BCUT2D eigenvalue weighted by Gasteiger charge is -2.08. The molecule has 0 radical (unpaired) electrons. The Kier molecular flexibility index (Phi) is 3.91. The van der Waals surface area contributed by atoms with Crippen LogP contribution in [0, 0.1) is 11.3 Å². The fraction of sp³-hybridized carbons (Fsp3) is 0. The highest BCUT2D eigenvalue weighted by Crippen LogP contribution is 2.27. The largest absolute Gasteiger partial charge is 0.504 e. The van der Waals surface area contributed by atoms with Crippen LogP contribution in [-0.4, -0.2) is 16.1 Å². The summed E-state index contributed by atoms with van der Waals surface area (Å²) < 4.78 is 0.577. The van der Waals surface area contributed by atoms with Gasteiger partial charge in [0.05, 0.1) is 17.3 Å². The zero-order valence-electron chi connectivity index (χ0n) is 10.1. The minimum absolute atomic E-state index is 0.205. The number of hydrogen-bond donors (Lipinski definition) is 3. The monoisotopic (exact) mass is 332 g/mol. The smallest absolute Gasteiger partial charge is 0.255 e. The van der Waals surface area contributed by atoms with Gasteiger partial charge in [-0.2, -0.15) is 5.26 Å². The maximum absolute atomic E-state index is 12.0. The van der Waals surface area contributed by atoms with E-state index in [0.717, 1.165) is 0 Å². The third-order valence-electron chi connectivity index (χ3n) is 2.58. The molecule has 6 heteroatoms. The number of benzene rings is 2. The molecule has 0 unspecified atom stereocenters. The molecular formula is C14H9BrN2O3. The summed E-state index contributed by atoms with van der Waals surface area (Å²) in [6.07, 6.45) is 0. The number of rotatable bonds is 2. The van der Waals surface area contributed by atoms with E-state index < -0.39 is 5.91 Å². The maximum Gasteiger partial charge on any atom is 0.255 e. The van der Waals surface area contributed by atoms with Crippen LogP contribution in [0.25, 0.3) is 0 Å². The van der Waals surface area contributed by atoms with Crippen LogP contribution in [0.1, 0.15) is 15.9 Å². The number of amides is 1. The highest BCUT2D eigenvalue weighted by Gasteiger charge is 2.11. The summed E-state index contributed by atoms with van der Waals surface area (Å²) in [5.74, 6) is -1.09. The fourth-order valence-electron chi connectivity index (χ4n) is 1.55. The molecule has 20 heavy (non-hydrogen) atoms. The van der Waals surface area contributed by atoms with Gasteiger partial charge in [0.2, 0.25) is 0 Å². The number of aromatic hydroxyl groups is 2. The van der Waals surface area contributed by atoms with Crippen LogP contribution in [0.15, 0.2) is 40.9 Å². The molecule has 5 nitrogen and oxygen atoms in total. The van der Waals surface area contributed by atoms with Crippen LogP contribution >= 0.6 is 15.9 Å². The second kappa shape index (κ2) is 5.63. The van der Waals surface area contributed by atoms with E-state index >= 15 is 0 Å². The van der Waals surface area contributed by atoms with Gasteiger partial charge < -0.3 is 15.5 Å². The Morgan fingerprint density at radius 1 is 1.15 bits per heavy atom. The molecule has 0 aliphatic heterocycles. The highest BCUT2D eigenvalue weighted by molar-refractivity contribution is 9.10. The van der Waals surface area contributed by atoms with Crippen molar-refractivity contribution in [3.05, 3.63) is 52.0 Å². The van der Waals surface area contributed by atoms with E-state index in [9.17, 15) is 15.0 Å². The van der Waals surface area contributed by atoms with Crippen LogP contribution in [-0.2, 0) is 0 Å². The summed E-state index contributed by atoms with van der Waals surface area (Å²) >= 11 is 3.26. The molecule has 0 aliphatic carbocycles. The molecule has 0 aromatic heterocycles. The van der Waals surface area contributed by atoms with E-state index in [1.807, 2.05) is 6.07 Å². The van der Waals surface area contributed by atoms with E-state index in [2.05, 4.69) is 21.2 Å². The molecule has 0 saturated carbocycles. The first-order valence-corrected chi connectivity index (χ1v) is 6.33. The zero-order chi connectivity index (χ0) is 14.7. The lowest BCUT2D eigenvalue weighted by molar-refractivity contribution is 0.102. The quantitative estimate of drug-likeness (QED) is 0.737. The molecule has 0 spiro atoms. The van der Waals surface area contributed by atoms with Crippen LogP contribution in [0.4, 0.5) is 5.69 Å². The van der Waals surface area contributed by atoms with E-state index in [1.54, 1.807) is 18.2 Å². The van der Waals surface area contributed by atoms with Crippen LogP contribution in [0.5, 0.6) is 11.5 Å². The summed E-state index contributed by atoms with van der Waals surface area (Å²) in [4.78, 5) is 12.0. The predicted octanol–water partition coefficient (Wildman–Crippen LogP) is 2.98. The second-order valence-electron chi connectivity index (χ2n) is 3.96. The van der Waals surface area contributed by atoms with Crippen molar-refractivity contribution in [2.45, 2.75) is 0 Å². The molecule has 0 heterocycles. The summed E-state index contributed by atoms with van der Waals surface area (Å²) in [5.41, 5.74) is 1.18. The molecule has 1 amide bonds. The number of phenols is 2. The van der Waals surface area contributed by atoms with Crippen molar-refractivity contribution in [1.29, 1.82) is 5.26 Å². The van der Waals surface area contributed by atoms with Crippen molar-refractivity contribution < 1.29 is 15.0 Å². The summed E-state index contributed by atoms with van der Waals surface area (Å²) in [5, 5.41) is 30.0. The summed E-state index contributed by atoms with van der Waals surface area (Å²) in [7, 11) is 0. The number of nitrogens with one attached hydrogen (secondary N) is 1. The van der Waals surface area contributed by atoms with E-state index in [4.69, 9.17) is 5.26 Å². The van der Waals surface area contributed by atoms with Crippen molar-refractivity contribution in [2.24, 2.45) is 0 Å². The standard InChI is InChI=1S/C14H9BrN2O3/c15-10-5-8(7-16)1-3-11(10)17-14(20)9-2-4-12(18)13(19)6-9/h1-6,18-19H,(H,17,20). The predicted molar refractivity (Wildman–Crippen MR) is 76.6 cm³/mol. The van der Waals surface area contributed by atoms with Crippen molar-refractivity contribution in [3.8, 4) is 17.6 Å². The van der Waals surface area contributed by atoms with Crippen molar-refractivity contribution >= 4 is 27.5 Å². The van der Waals surface area contributed by atoms with Gasteiger partial charge in [0.25, 0.3) is 5.91 Å². The third-order valence-corrected chi connectivity index (χ3v) is 3.24. The van der Waals surface area contributed by atoms with Crippen LogP contribution in [0.2, 0.25) is 0 Å². The topological polar surface area (TPSA) is 93.4 Å². The van der Waals surface area contributed by atoms with Gasteiger partial charge in [-0.05, 0) is 52.3 Å². The molecule has 0 saturated heterocycles. The van der Waals surface area contributed by atoms with Gasteiger partial charge in [0, 0.05) is 10.0 Å². The number of carbonyl (C=O) groups excluding carboxylic acids is 1. The number of nitriles is 1. The SMILES string of the molecule is N#Cc1ccc(NC(=O)c2ccc(O)c(O)c2)c(Br)c1. The number of halogens is 1. The normalized spacial score (nSPS) is 9.80. The molecular weight excluding hydrogens is 324 g/mol. The van der Waals surface area contributed by atoms with Gasteiger partial charge in [0.1, 0.15) is 0 Å². The van der Waals surface area contributed by atoms with Crippen molar-refractivity contribution in [3.63, 3.8) is 0 Å².